The van der Waals surface area contributed by atoms with E-state index in [0.717, 1.165) is 35.5 Å². The van der Waals surface area contributed by atoms with E-state index in [9.17, 15) is 9.90 Å². The summed E-state index contributed by atoms with van der Waals surface area (Å²) in [6, 6.07) is 24.4. The minimum atomic E-state index is -0.352. The highest BCUT2D eigenvalue weighted by atomic mass is 16.5. The number of nitrogens with zero attached hydrogens (tertiary/aromatic N) is 1. The highest BCUT2D eigenvalue weighted by Crippen LogP contribution is 2.49. The molecule has 4 unspecified atom stereocenters. The maximum Gasteiger partial charge on any atom is 0.242 e. The fourth-order valence-corrected chi connectivity index (χ4v) is 5.08. The van der Waals surface area contributed by atoms with Gasteiger partial charge < -0.3 is 14.7 Å². The molecule has 0 bridgehead atoms. The van der Waals surface area contributed by atoms with Crippen LogP contribution in [0.1, 0.15) is 43.0 Å². The van der Waals surface area contributed by atoms with Gasteiger partial charge in [0.1, 0.15) is 23.3 Å². The standard InChI is InChI=1S/C27H29N3O3/c1-2-3-16-30-26(18-10-9-13-20(17-18)33-19-11-5-4-6-12-19)23-24(28-29-25(23)27(30)32)21-14-7-8-15-22(21)31/h4-15,17,23-26,28-29,31H,2-3,16H2,1H3. The van der Waals surface area contributed by atoms with Gasteiger partial charge in [-0.05, 0) is 42.3 Å². The molecular formula is C27H29N3O3. The number of carbonyl (C=O) groups is 1. The molecule has 0 aromatic heterocycles. The monoisotopic (exact) mass is 443 g/mol. The van der Waals surface area contributed by atoms with Gasteiger partial charge in [0.15, 0.2) is 0 Å². The van der Waals surface area contributed by atoms with Crippen LogP contribution in [0.5, 0.6) is 17.2 Å². The molecule has 3 aromatic carbocycles. The number of nitrogens with one attached hydrogen (secondary N) is 2. The maximum atomic E-state index is 13.4. The van der Waals surface area contributed by atoms with Crippen molar-refractivity contribution in [3.05, 3.63) is 90.0 Å². The molecule has 2 aliphatic rings. The molecule has 4 atom stereocenters. The van der Waals surface area contributed by atoms with E-state index in [1.54, 1.807) is 6.07 Å². The lowest BCUT2D eigenvalue weighted by atomic mass is 9.83. The zero-order valence-corrected chi connectivity index (χ0v) is 18.6. The number of fused-ring (bicyclic) bond motifs is 1. The Hall–Kier alpha value is -3.35. The summed E-state index contributed by atoms with van der Waals surface area (Å²) in [7, 11) is 0. The molecule has 2 aliphatic heterocycles. The molecule has 5 rings (SSSR count). The number of aromatic hydroxyl groups is 1. The first kappa shape index (κ1) is 21.5. The van der Waals surface area contributed by atoms with Crippen LogP contribution in [0.2, 0.25) is 0 Å². The Kier molecular flexibility index (Phi) is 6.03. The Balaban J connectivity index is 1.53. The van der Waals surface area contributed by atoms with E-state index in [4.69, 9.17) is 4.74 Å². The number of phenols is 1. The molecule has 33 heavy (non-hydrogen) atoms. The second-order valence-corrected chi connectivity index (χ2v) is 8.70. The van der Waals surface area contributed by atoms with Crippen LogP contribution in [0.3, 0.4) is 0 Å². The number of amides is 1. The van der Waals surface area contributed by atoms with E-state index in [1.165, 1.54) is 0 Å². The zero-order valence-electron chi connectivity index (χ0n) is 18.6. The lowest BCUT2D eigenvalue weighted by Gasteiger charge is -2.31. The van der Waals surface area contributed by atoms with Crippen LogP contribution in [0.4, 0.5) is 0 Å². The summed E-state index contributed by atoms with van der Waals surface area (Å²) in [6.45, 7) is 2.83. The van der Waals surface area contributed by atoms with Gasteiger partial charge in [-0.3, -0.25) is 4.79 Å². The van der Waals surface area contributed by atoms with Crippen molar-refractivity contribution in [3.8, 4) is 17.2 Å². The molecule has 2 saturated heterocycles. The van der Waals surface area contributed by atoms with Gasteiger partial charge >= 0.3 is 0 Å². The van der Waals surface area contributed by atoms with Crippen molar-refractivity contribution in [2.75, 3.05) is 6.54 Å². The largest absolute Gasteiger partial charge is 0.508 e. The molecule has 2 heterocycles. The van der Waals surface area contributed by atoms with E-state index < -0.39 is 0 Å². The third-order valence-electron chi connectivity index (χ3n) is 6.62. The predicted molar refractivity (Wildman–Crippen MR) is 127 cm³/mol. The second kappa shape index (κ2) is 9.25. The van der Waals surface area contributed by atoms with Crippen molar-refractivity contribution >= 4 is 5.91 Å². The lowest BCUT2D eigenvalue weighted by molar-refractivity contribution is -0.130. The van der Waals surface area contributed by atoms with E-state index in [1.807, 2.05) is 71.6 Å². The van der Waals surface area contributed by atoms with Gasteiger partial charge in [0, 0.05) is 18.0 Å². The topological polar surface area (TPSA) is 73.8 Å². The van der Waals surface area contributed by atoms with E-state index in [2.05, 4.69) is 23.8 Å². The number of benzene rings is 3. The third kappa shape index (κ3) is 4.08. The first-order chi connectivity index (χ1) is 16.2. The van der Waals surface area contributed by atoms with Crippen LogP contribution >= 0.6 is 0 Å². The Morgan fingerprint density at radius 3 is 2.42 bits per heavy atom. The summed E-state index contributed by atoms with van der Waals surface area (Å²) in [5.74, 6) is 1.77. The molecule has 0 aliphatic carbocycles. The molecule has 2 fully saturated rings. The molecule has 6 nitrogen and oxygen atoms in total. The van der Waals surface area contributed by atoms with Gasteiger partial charge in [-0.1, -0.05) is 61.9 Å². The Bertz CT molecular complexity index is 1120. The molecule has 3 aromatic rings. The fourth-order valence-electron chi connectivity index (χ4n) is 5.08. The average molecular weight is 444 g/mol. The number of hydrogen-bond donors (Lipinski definition) is 3. The Morgan fingerprint density at radius 2 is 1.64 bits per heavy atom. The summed E-state index contributed by atoms with van der Waals surface area (Å²) in [6.07, 6.45) is 1.95. The minimum absolute atomic E-state index is 0.0744. The number of hydrogen-bond acceptors (Lipinski definition) is 5. The summed E-state index contributed by atoms with van der Waals surface area (Å²) in [4.78, 5) is 15.4. The molecule has 0 radical (unpaired) electrons. The minimum Gasteiger partial charge on any atom is -0.508 e. The summed E-state index contributed by atoms with van der Waals surface area (Å²) in [5, 5.41) is 10.5. The quantitative estimate of drug-likeness (QED) is 0.494. The van der Waals surface area contributed by atoms with Crippen LogP contribution in [0.25, 0.3) is 0 Å². The third-order valence-corrected chi connectivity index (χ3v) is 6.62. The number of ether oxygens (including phenoxy) is 1. The number of carbonyl (C=O) groups excluding carboxylic acids is 1. The highest BCUT2D eigenvalue weighted by molar-refractivity contribution is 5.86. The zero-order chi connectivity index (χ0) is 22.8. The highest BCUT2D eigenvalue weighted by Gasteiger charge is 2.55. The lowest BCUT2D eigenvalue weighted by Crippen LogP contribution is -2.41. The van der Waals surface area contributed by atoms with Gasteiger partial charge in [0.2, 0.25) is 5.91 Å². The average Bonchev–Trinajstić information content (AvgIpc) is 3.37. The number of hydrazine groups is 1. The van der Waals surface area contributed by atoms with E-state index in [0.29, 0.717) is 6.54 Å². The smallest absolute Gasteiger partial charge is 0.242 e. The molecular weight excluding hydrogens is 414 g/mol. The van der Waals surface area contributed by atoms with E-state index >= 15 is 0 Å². The predicted octanol–water partition coefficient (Wildman–Crippen LogP) is 4.70. The molecule has 170 valence electrons. The number of para-hydroxylation sites is 2. The van der Waals surface area contributed by atoms with Crippen molar-refractivity contribution in [1.29, 1.82) is 0 Å². The molecule has 0 saturated carbocycles. The Morgan fingerprint density at radius 1 is 0.909 bits per heavy atom. The van der Waals surface area contributed by atoms with Crippen molar-refractivity contribution in [3.63, 3.8) is 0 Å². The van der Waals surface area contributed by atoms with Gasteiger partial charge in [0.05, 0.1) is 12.1 Å². The van der Waals surface area contributed by atoms with Gasteiger partial charge in [-0.2, -0.15) is 0 Å². The molecule has 1 amide bonds. The number of likely N-dealkylation sites (tertiary alicyclic amines) is 1. The fraction of sp³-hybridized carbons (Fsp3) is 0.296. The second-order valence-electron chi connectivity index (χ2n) is 8.70. The molecule has 6 heteroatoms. The van der Waals surface area contributed by atoms with Crippen LogP contribution in [0.15, 0.2) is 78.9 Å². The molecule has 0 spiro atoms. The number of unbranched alkanes of at least 4 members (excludes halogenated alkanes) is 1. The van der Waals surface area contributed by atoms with E-state index in [-0.39, 0.29) is 35.7 Å². The van der Waals surface area contributed by atoms with Crippen molar-refractivity contribution in [2.24, 2.45) is 5.92 Å². The maximum absolute atomic E-state index is 13.4. The first-order valence-corrected chi connectivity index (χ1v) is 11.6. The van der Waals surface area contributed by atoms with Crippen LogP contribution in [0, 0.1) is 5.92 Å². The number of rotatable bonds is 7. The van der Waals surface area contributed by atoms with Gasteiger partial charge in [0.25, 0.3) is 0 Å². The normalized spacial score (nSPS) is 24.2. The summed E-state index contributed by atoms with van der Waals surface area (Å²) in [5.41, 5.74) is 8.34. The molecule has 3 N–H and O–H groups in total. The van der Waals surface area contributed by atoms with Crippen molar-refractivity contribution in [2.45, 2.75) is 37.9 Å². The SMILES string of the molecule is CCCCN1C(=O)C2NNC(c3ccccc3O)C2C1c1cccc(Oc2ccccc2)c1. The van der Waals surface area contributed by atoms with Crippen molar-refractivity contribution < 1.29 is 14.6 Å². The van der Waals surface area contributed by atoms with Crippen LogP contribution in [-0.4, -0.2) is 28.5 Å². The van der Waals surface area contributed by atoms with Crippen LogP contribution in [-0.2, 0) is 4.79 Å². The Labute approximate surface area is 194 Å². The first-order valence-electron chi connectivity index (χ1n) is 11.6. The van der Waals surface area contributed by atoms with Crippen molar-refractivity contribution in [1.82, 2.24) is 15.8 Å². The van der Waals surface area contributed by atoms with Gasteiger partial charge in [-0.15, -0.1) is 0 Å². The summed E-state index contributed by atoms with van der Waals surface area (Å²) >= 11 is 0. The summed E-state index contributed by atoms with van der Waals surface area (Å²) < 4.78 is 6.09. The van der Waals surface area contributed by atoms with Crippen LogP contribution < -0.4 is 15.6 Å². The van der Waals surface area contributed by atoms with Gasteiger partial charge in [-0.25, -0.2) is 10.9 Å². The number of phenolic OH excluding ortho intramolecular Hbond substituents is 1.